The number of piperidine rings is 1. The van der Waals surface area contributed by atoms with Gasteiger partial charge in [0, 0.05) is 18.7 Å². The molecule has 6 nitrogen and oxygen atoms in total. The molecule has 0 spiro atoms. The van der Waals surface area contributed by atoms with Crippen LogP contribution in [0.3, 0.4) is 0 Å². The highest BCUT2D eigenvalue weighted by molar-refractivity contribution is 6.34. The van der Waals surface area contributed by atoms with Gasteiger partial charge in [0.1, 0.15) is 0 Å². The second-order valence-electron chi connectivity index (χ2n) is 8.56. The van der Waals surface area contributed by atoms with Gasteiger partial charge in [-0.1, -0.05) is 29.8 Å². The van der Waals surface area contributed by atoms with Gasteiger partial charge < -0.3 is 10.2 Å². The van der Waals surface area contributed by atoms with Crippen molar-refractivity contribution in [1.29, 1.82) is 0 Å². The highest BCUT2D eigenvalue weighted by atomic mass is 16.2. The van der Waals surface area contributed by atoms with E-state index in [0.717, 1.165) is 37.2 Å². The molecule has 1 fully saturated rings. The third kappa shape index (κ3) is 3.89. The topological polar surface area (TPSA) is 69.7 Å². The first-order chi connectivity index (χ1) is 16.0. The summed E-state index contributed by atoms with van der Waals surface area (Å²) in [4.78, 5) is 42.4. The maximum absolute atomic E-state index is 13.0. The van der Waals surface area contributed by atoms with Crippen molar-refractivity contribution in [1.82, 2.24) is 0 Å². The number of benzene rings is 3. The average molecular weight is 440 g/mol. The van der Waals surface area contributed by atoms with Crippen molar-refractivity contribution in [2.24, 2.45) is 0 Å². The molecule has 0 unspecified atom stereocenters. The Morgan fingerprint density at radius 1 is 0.818 bits per heavy atom. The zero-order chi connectivity index (χ0) is 22.9. The minimum atomic E-state index is -0.350. The molecule has 0 radical (unpaired) electrons. The van der Waals surface area contributed by atoms with Gasteiger partial charge in [-0.05, 0) is 68.7 Å². The van der Waals surface area contributed by atoms with Crippen LogP contribution in [-0.2, 0) is 0 Å². The number of anilines is 3. The lowest BCUT2D eigenvalue weighted by atomic mass is 10.1. The van der Waals surface area contributed by atoms with Gasteiger partial charge in [0.05, 0.1) is 28.2 Å². The van der Waals surface area contributed by atoms with Crippen molar-refractivity contribution in [3.8, 4) is 0 Å². The molecule has 33 heavy (non-hydrogen) atoms. The van der Waals surface area contributed by atoms with Gasteiger partial charge in [-0.15, -0.1) is 0 Å². The van der Waals surface area contributed by atoms with E-state index in [-0.39, 0.29) is 17.7 Å². The molecule has 3 aromatic carbocycles. The van der Waals surface area contributed by atoms with E-state index in [1.54, 1.807) is 48.5 Å². The van der Waals surface area contributed by atoms with E-state index < -0.39 is 0 Å². The maximum Gasteiger partial charge on any atom is 0.266 e. The Morgan fingerprint density at radius 3 is 2.09 bits per heavy atom. The van der Waals surface area contributed by atoms with Crippen LogP contribution in [-0.4, -0.2) is 30.8 Å². The van der Waals surface area contributed by atoms with E-state index in [0.29, 0.717) is 28.1 Å². The molecule has 0 saturated carbocycles. The van der Waals surface area contributed by atoms with E-state index >= 15 is 0 Å². The number of carbonyl (C=O) groups excluding carboxylic acids is 3. The van der Waals surface area contributed by atoms with Gasteiger partial charge >= 0.3 is 0 Å². The smallest absolute Gasteiger partial charge is 0.266 e. The minimum absolute atomic E-state index is 0.229. The van der Waals surface area contributed by atoms with Crippen molar-refractivity contribution in [3.05, 3.63) is 89.0 Å². The molecule has 0 aliphatic carbocycles. The number of rotatable bonds is 4. The van der Waals surface area contributed by atoms with Crippen LogP contribution in [0, 0.1) is 6.92 Å². The summed E-state index contributed by atoms with van der Waals surface area (Å²) in [5.74, 6) is -0.929. The molecule has 2 aliphatic rings. The normalized spacial score (nSPS) is 15.5. The SMILES string of the molecule is Cc1ccc(C(=O)Nc2cc(N3C(=O)c4ccccc4C3=O)ccc2N2CCCCC2)cc1. The molecule has 5 rings (SSSR count). The third-order valence-electron chi connectivity index (χ3n) is 6.29. The van der Waals surface area contributed by atoms with Crippen molar-refractivity contribution in [3.63, 3.8) is 0 Å². The van der Waals surface area contributed by atoms with Crippen molar-refractivity contribution in [2.45, 2.75) is 26.2 Å². The highest BCUT2D eigenvalue weighted by Crippen LogP contribution is 2.36. The van der Waals surface area contributed by atoms with Crippen molar-refractivity contribution in [2.75, 3.05) is 28.2 Å². The summed E-state index contributed by atoms with van der Waals surface area (Å²) >= 11 is 0. The Balaban J connectivity index is 1.52. The summed E-state index contributed by atoms with van der Waals surface area (Å²) in [6.45, 7) is 3.78. The number of nitrogens with one attached hydrogen (secondary N) is 1. The summed E-state index contributed by atoms with van der Waals surface area (Å²) in [6.07, 6.45) is 3.37. The first kappa shape index (κ1) is 20.9. The summed E-state index contributed by atoms with van der Waals surface area (Å²) in [5.41, 5.74) is 4.36. The third-order valence-corrected chi connectivity index (χ3v) is 6.29. The number of hydrogen-bond acceptors (Lipinski definition) is 4. The standard InChI is InChI=1S/C27H25N3O3/c1-18-9-11-19(12-10-18)25(31)28-23-17-20(13-14-24(23)29-15-5-2-6-16-29)30-26(32)21-7-3-4-8-22(21)27(30)33/h3-4,7-14,17H,2,5-6,15-16H2,1H3,(H,28,31). The number of imide groups is 1. The molecule has 0 bridgehead atoms. The quantitative estimate of drug-likeness (QED) is 0.579. The Kier molecular flexibility index (Phi) is 5.42. The zero-order valence-electron chi connectivity index (χ0n) is 18.5. The van der Waals surface area contributed by atoms with Crippen LogP contribution < -0.4 is 15.1 Å². The van der Waals surface area contributed by atoms with Gasteiger partial charge in [0.25, 0.3) is 17.7 Å². The molecule has 2 heterocycles. The molecule has 6 heteroatoms. The monoisotopic (exact) mass is 439 g/mol. The molecule has 166 valence electrons. The maximum atomic E-state index is 13.0. The number of aryl methyl sites for hydroxylation is 1. The van der Waals surface area contributed by atoms with E-state index in [1.807, 2.05) is 25.1 Å². The van der Waals surface area contributed by atoms with Gasteiger partial charge in [-0.2, -0.15) is 0 Å². The van der Waals surface area contributed by atoms with Crippen molar-refractivity contribution < 1.29 is 14.4 Å². The number of amides is 3. The van der Waals surface area contributed by atoms with Crippen LogP contribution in [0.1, 0.15) is 55.9 Å². The first-order valence-corrected chi connectivity index (χ1v) is 11.3. The predicted molar refractivity (Wildman–Crippen MR) is 129 cm³/mol. The van der Waals surface area contributed by atoms with Gasteiger partial charge in [-0.3, -0.25) is 14.4 Å². The van der Waals surface area contributed by atoms with Crippen LogP contribution in [0.5, 0.6) is 0 Å². The molecule has 3 aromatic rings. The minimum Gasteiger partial charge on any atom is -0.370 e. The lowest BCUT2D eigenvalue weighted by Crippen LogP contribution is -2.32. The fourth-order valence-corrected chi connectivity index (χ4v) is 4.50. The molecule has 1 N–H and O–H groups in total. The molecule has 3 amide bonds. The second kappa shape index (κ2) is 8.54. The molecule has 0 aromatic heterocycles. The summed E-state index contributed by atoms with van der Waals surface area (Å²) in [6, 6.07) is 19.6. The highest BCUT2D eigenvalue weighted by Gasteiger charge is 2.36. The number of nitrogens with zero attached hydrogens (tertiary/aromatic N) is 2. The Hall–Kier alpha value is -3.93. The summed E-state index contributed by atoms with van der Waals surface area (Å²) < 4.78 is 0. The van der Waals surface area contributed by atoms with E-state index in [1.165, 1.54) is 11.3 Å². The Bertz CT molecular complexity index is 1210. The summed E-state index contributed by atoms with van der Waals surface area (Å²) in [5, 5.41) is 3.03. The molecular formula is C27H25N3O3. The van der Waals surface area contributed by atoms with E-state index in [4.69, 9.17) is 0 Å². The lowest BCUT2D eigenvalue weighted by Gasteiger charge is -2.31. The van der Waals surface area contributed by atoms with E-state index in [9.17, 15) is 14.4 Å². The fraction of sp³-hybridized carbons (Fsp3) is 0.222. The largest absolute Gasteiger partial charge is 0.370 e. The average Bonchev–Trinajstić information content (AvgIpc) is 3.10. The van der Waals surface area contributed by atoms with Crippen molar-refractivity contribution >= 4 is 34.8 Å². The Morgan fingerprint density at radius 2 is 1.45 bits per heavy atom. The first-order valence-electron chi connectivity index (χ1n) is 11.3. The van der Waals surface area contributed by atoms with Crippen LogP contribution in [0.25, 0.3) is 0 Å². The van der Waals surface area contributed by atoms with Crippen LogP contribution in [0.2, 0.25) is 0 Å². The van der Waals surface area contributed by atoms with Gasteiger partial charge in [0.2, 0.25) is 0 Å². The van der Waals surface area contributed by atoms with E-state index in [2.05, 4.69) is 10.2 Å². The molecular weight excluding hydrogens is 414 g/mol. The van der Waals surface area contributed by atoms with Gasteiger partial charge in [0.15, 0.2) is 0 Å². The number of carbonyl (C=O) groups is 3. The molecule has 0 atom stereocenters. The Labute approximate surface area is 192 Å². The van der Waals surface area contributed by atoms with Crippen LogP contribution >= 0.6 is 0 Å². The molecule has 1 saturated heterocycles. The zero-order valence-corrected chi connectivity index (χ0v) is 18.5. The van der Waals surface area contributed by atoms with Crippen LogP contribution in [0.4, 0.5) is 17.1 Å². The van der Waals surface area contributed by atoms with Gasteiger partial charge in [-0.25, -0.2) is 4.90 Å². The lowest BCUT2D eigenvalue weighted by molar-refractivity contribution is 0.0925. The fourth-order valence-electron chi connectivity index (χ4n) is 4.50. The predicted octanol–water partition coefficient (Wildman–Crippen LogP) is 5.04. The number of hydrogen-bond donors (Lipinski definition) is 1. The number of fused-ring (bicyclic) bond motifs is 1. The second-order valence-corrected chi connectivity index (χ2v) is 8.56. The summed E-state index contributed by atoms with van der Waals surface area (Å²) in [7, 11) is 0. The molecule has 2 aliphatic heterocycles. The van der Waals surface area contributed by atoms with Crippen LogP contribution in [0.15, 0.2) is 66.7 Å².